The van der Waals surface area contributed by atoms with Crippen LogP contribution in [0.2, 0.25) is 0 Å². The number of carbonyl (C=O) groups excluding carboxylic acids is 1. The van der Waals surface area contributed by atoms with Gasteiger partial charge in [-0.15, -0.1) is 0 Å². The van der Waals surface area contributed by atoms with Gasteiger partial charge in [0.1, 0.15) is 5.76 Å². The van der Waals surface area contributed by atoms with Crippen molar-refractivity contribution in [2.24, 2.45) is 5.92 Å². The number of hydrogen-bond acceptors (Lipinski definition) is 5. The number of rotatable bonds is 2. The maximum absolute atomic E-state index is 12.6. The van der Waals surface area contributed by atoms with E-state index < -0.39 is 0 Å². The van der Waals surface area contributed by atoms with Crippen LogP contribution in [-0.2, 0) is 9.47 Å². The molecule has 0 N–H and O–H groups in total. The highest BCUT2D eigenvalue weighted by Crippen LogP contribution is 2.27. The standard InChI is InChI=1S/C19H28N2O4/c1-14-2-3-17(25-14)19(22)21-7-4-15-12-20(8-11-24-18(15)13-21)16-5-9-23-10-6-16/h2-3,15-16,18H,4-13H2,1H3/t15-,18-/m0/s1. The van der Waals surface area contributed by atoms with Crippen molar-refractivity contribution in [3.8, 4) is 0 Å². The highest BCUT2D eigenvalue weighted by Gasteiger charge is 2.37. The van der Waals surface area contributed by atoms with Gasteiger partial charge in [-0.2, -0.15) is 0 Å². The van der Waals surface area contributed by atoms with Crippen LogP contribution in [0.4, 0.5) is 0 Å². The number of fused-ring (bicyclic) bond motifs is 1. The topological polar surface area (TPSA) is 55.2 Å². The molecule has 1 amide bonds. The van der Waals surface area contributed by atoms with E-state index in [1.807, 2.05) is 17.9 Å². The summed E-state index contributed by atoms with van der Waals surface area (Å²) in [4.78, 5) is 17.1. The molecule has 4 heterocycles. The van der Waals surface area contributed by atoms with Gasteiger partial charge in [-0.3, -0.25) is 9.69 Å². The van der Waals surface area contributed by atoms with Crippen LogP contribution < -0.4 is 0 Å². The molecule has 0 saturated carbocycles. The van der Waals surface area contributed by atoms with Gasteiger partial charge in [-0.25, -0.2) is 0 Å². The quantitative estimate of drug-likeness (QED) is 0.817. The third kappa shape index (κ3) is 3.76. The first-order chi connectivity index (χ1) is 12.2. The molecule has 25 heavy (non-hydrogen) atoms. The predicted molar refractivity (Wildman–Crippen MR) is 92.6 cm³/mol. The molecule has 0 radical (unpaired) electrons. The van der Waals surface area contributed by atoms with Crippen LogP contribution in [0.1, 0.15) is 35.6 Å². The Morgan fingerprint density at radius 3 is 2.68 bits per heavy atom. The summed E-state index contributed by atoms with van der Waals surface area (Å²) in [6, 6.07) is 4.24. The van der Waals surface area contributed by atoms with Crippen molar-refractivity contribution in [1.29, 1.82) is 0 Å². The second kappa shape index (κ2) is 7.48. The van der Waals surface area contributed by atoms with Crippen molar-refractivity contribution < 1.29 is 18.7 Å². The number of hydrogen-bond donors (Lipinski definition) is 0. The van der Waals surface area contributed by atoms with Crippen LogP contribution in [-0.4, -0.2) is 73.9 Å². The van der Waals surface area contributed by atoms with E-state index in [1.165, 1.54) is 0 Å². The van der Waals surface area contributed by atoms with Crippen LogP contribution in [0.15, 0.2) is 16.5 Å². The molecule has 4 rings (SSSR count). The molecule has 3 aliphatic heterocycles. The highest BCUT2D eigenvalue weighted by atomic mass is 16.5. The molecule has 0 spiro atoms. The zero-order chi connectivity index (χ0) is 17.2. The van der Waals surface area contributed by atoms with Gasteiger partial charge in [0.25, 0.3) is 5.91 Å². The zero-order valence-electron chi connectivity index (χ0n) is 15.0. The molecule has 0 bridgehead atoms. The summed E-state index contributed by atoms with van der Waals surface area (Å²) in [5.74, 6) is 1.71. The third-order valence-corrected chi connectivity index (χ3v) is 5.82. The molecule has 1 aromatic rings. The Hall–Kier alpha value is -1.37. The fourth-order valence-corrected chi connectivity index (χ4v) is 4.35. The monoisotopic (exact) mass is 348 g/mol. The first kappa shape index (κ1) is 17.1. The Morgan fingerprint density at radius 1 is 1.08 bits per heavy atom. The van der Waals surface area contributed by atoms with Crippen LogP contribution in [0.3, 0.4) is 0 Å². The molecule has 1 aromatic heterocycles. The Balaban J connectivity index is 1.38. The number of nitrogens with zero attached hydrogens (tertiary/aromatic N) is 2. The van der Waals surface area contributed by atoms with Gasteiger partial charge in [0.05, 0.1) is 12.7 Å². The molecule has 6 heteroatoms. The zero-order valence-corrected chi connectivity index (χ0v) is 15.0. The minimum absolute atomic E-state index is 0.0133. The lowest BCUT2D eigenvalue weighted by Crippen LogP contribution is -2.50. The van der Waals surface area contributed by atoms with Crippen molar-refractivity contribution in [2.75, 3.05) is 46.0 Å². The first-order valence-electron chi connectivity index (χ1n) is 9.50. The molecule has 3 aliphatic rings. The molecule has 0 aromatic carbocycles. The van der Waals surface area contributed by atoms with Gasteiger partial charge >= 0.3 is 0 Å². The van der Waals surface area contributed by atoms with Crippen LogP contribution in [0.25, 0.3) is 0 Å². The fourth-order valence-electron chi connectivity index (χ4n) is 4.35. The summed E-state index contributed by atoms with van der Waals surface area (Å²) < 4.78 is 17.2. The molecule has 0 aliphatic carbocycles. The van der Waals surface area contributed by atoms with Crippen molar-refractivity contribution in [3.63, 3.8) is 0 Å². The molecular formula is C19H28N2O4. The molecule has 6 nitrogen and oxygen atoms in total. The van der Waals surface area contributed by atoms with Gasteiger partial charge in [0, 0.05) is 51.4 Å². The number of furan rings is 1. The highest BCUT2D eigenvalue weighted by molar-refractivity contribution is 5.91. The van der Waals surface area contributed by atoms with E-state index in [4.69, 9.17) is 13.9 Å². The van der Waals surface area contributed by atoms with Crippen LogP contribution >= 0.6 is 0 Å². The van der Waals surface area contributed by atoms with Crippen LogP contribution in [0.5, 0.6) is 0 Å². The Kier molecular flexibility index (Phi) is 5.10. The van der Waals surface area contributed by atoms with Gasteiger partial charge in [-0.05, 0) is 38.3 Å². The maximum atomic E-state index is 12.6. The van der Waals surface area contributed by atoms with Gasteiger partial charge in [-0.1, -0.05) is 0 Å². The lowest BCUT2D eigenvalue weighted by atomic mass is 9.92. The van der Waals surface area contributed by atoms with Crippen molar-refractivity contribution >= 4 is 5.91 Å². The van der Waals surface area contributed by atoms with Crippen molar-refractivity contribution in [1.82, 2.24) is 9.80 Å². The summed E-state index contributed by atoms with van der Waals surface area (Å²) in [6.45, 7) is 7.89. The van der Waals surface area contributed by atoms with Gasteiger partial charge < -0.3 is 18.8 Å². The average Bonchev–Trinajstić information content (AvgIpc) is 2.96. The fraction of sp³-hybridized carbons (Fsp3) is 0.737. The summed E-state index contributed by atoms with van der Waals surface area (Å²) in [7, 11) is 0. The van der Waals surface area contributed by atoms with Crippen molar-refractivity contribution in [3.05, 3.63) is 23.7 Å². The second-order valence-electron chi connectivity index (χ2n) is 7.46. The molecule has 3 fully saturated rings. The molecule has 0 unspecified atom stereocenters. The third-order valence-electron chi connectivity index (χ3n) is 5.82. The number of amides is 1. The van der Waals surface area contributed by atoms with Gasteiger partial charge in [0.15, 0.2) is 5.76 Å². The van der Waals surface area contributed by atoms with E-state index in [0.717, 1.165) is 64.5 Å². The van der Waals surface area contributed by atoms with Crippen LogP contribution in [0, 0.1) is 12.8 Å². The van der Waals surface area contributed by atoms with E-state index >= 15 is 0 Å². The minimum atomic E-state index is -0.0133. The average molecular weight is 348 g/mol. The normalized spacial score (nSPS) is 29.2. The van der Waals surface area contributed by atoms with E-state index in [1.54, 1.807) is 6.07 Å². The predicted octanol–water partition coefficient (Wildman–Crippen LogP) is 1.93. The van der Waals surface area contributed by atoms with E-state index in [-0.39, 0.29) is 12.0 Å². The Bertz CT molecular complexity index is 596. The summed E-state index contributed by atoms with van der Waals surface area (Å²) in [5, 5.41) is 0. The SMILES string of the molecule is Cc1ccc(C(=O)N2CC[C@H]3CN(C4CCOCC4)CCO[C@H]3C2)o1. The molecule has 138 valence electrons. The summed E-state index contributed by atoms with van der Waals surface area (Å²) in [6.07, 6.45) is 3.38. The molecule has 3 saturated heterocycles. The van der Waals surface area contributed by atoms with E-state index in [2.05, 4.69) is 4.90 Å². The number of ether oxygens (including phenoxy) is 2. The summed E-state index contributed by atoms with van der Waals surface area (Å²) >= 11 is 0. The minimum Gasteiger partial charge on any atom is -0.456 e. The van der Waals surface area contributed by atoms with Gasteiger partial charge in [0.2, 0.25) is 0 Å². The number of piperidine rings is 1. The molecule has 2 atom stereocenters. The first-order valence-corrected chi connectivity index (χ1v) is 9.50. The Morgan fingerprint density at radius 2 is 1.92 bits per heavy atom. The number of carbonyl (C=O) groups is 1. The Labute approximate surface area is 149 Å². The lowest BCUT2D eigenvalue weighted by Gasteiger charge is -2.39. The van der Waals surface area contributed by atoms with E-state index in [9.17, 15) is 4.79 Å². The molecular weight excluding hydrogens is 320 g/mol. The number of likely N-dealkylation sites (tertiary alicyclic amines) is 1. The van der Waals surface area contributed by atoms with Crippen molar-refractivity contribution in [2.45, 2.75) is 38.3 Å². The number of aryl methyl sites for hydroxylation is 1. The maximum Gasteiger partial charge on any atom is 0.289 e. The lowest BCUT2D eigenvalue weighted by molar-refractivity contribution is -0.0182. The smallest absolute Gasteiger partial charge is 0.289 e. The largest absolute Gasteiger partial charge is 0.456 e. The summed E-state index contributed by atoms with van der Waals surface area (Å²) in [5.41, 5.74) is 0. The second-order valence-corrected chi connectivity index (χ2v) is 7.46. The van der Waals surface area contributed by atoms with E-state index in [0.29, 0.717) is 24.3 Å².